The molecule has 0 radical (unpaired) electrons. The first-order valence-corrected chi connectivity index (χ1v) is 7.55. The summed E-state index contributed by atoms with van der Waals surface area (Å²) in [6, 6.07) is 4.63. The molecule has 2 aliphatic rings. The van der Waals surface area contributed by atoms with Crippen molar-refractivity contribution in [3.05, 3.63) is 18.3 Å². The number of hydrogen-bond acceptors (Lipinski definition) is 5. The second-order valence-electron chi connectivity index (χ2n) is 5.84. The van der Waals surface area contributed by atoms with E-state index < -0.39 is 0 Å². The van der Waals surface area contributed by atoms with Crippen LogP contribution in [0.2, 0.25) is 0 Å². The van der Waals surface area contributed by atoms with Crippen molar-refractivity contribution in [1.29, 1.82) is 0 Å². The minimum atomic E-state index is 0.184. The van der Waals surface area contributed by atoms with Crippen LogP contribution in [0.15, 0.2) is 18.3 Å². The Kier molecular flexibility index (Phi) is 4.08. The van der Waals surface area contributed by atoms with Crippen LogP contribution in [0, 0.1) is 0 Å². The zero-order valence-corrected chi connectivity index (χ0v) is 12.4. The summed E-state index contributed by atoms with van der Waals surface area (Å²) >= 11 is 0. The number of anilines is 1. The van der Waals surface area contributed by atoms with Gasteiger partial charge in [0, 0.05) is 51.5 Å². The quantitative estimate of drug-likeness (QED) is 0.887. The molecule has 0 unspecified atom stereocenters. The van der Waals surface area contributed by atoms with Gasteiger partial charge in [0.1, 0.15) is 0 Å². The van der Waals surface area contributed by atoms with Gasteiger partial charge >= 0.3 is 0 Å². The zero-order chi connectivity index (χ0) is 13.9. The molecule has 3 rings (SSSR count). The lowest BCUT2D eigenvalue weighted by molar-refractivity contribution is 0.146. The smallest absolute Gasteiger partial charge is 0.171 e. The van der Waals surface area contributed by atoms with Crippen molar-refractivity contribution >= 4 is 5.82 Å². The van der Waals surface area contributed by atoms with Crippen LogP contribution < -0.4 is 15.0 Å². The lowest BCUT2D eigenvalue weighted by atomic mass is 10.1. The Morgan fingerprint density at radius 2 is 2.05 bits per heavy atom. The maximum atomic E-state index is 5.86. The highest BCUT2D eigenvalue weighted by molar-refractivity contribution is 5.54. The minimum absolute atomic E-state index is 0.184. The summed E-state index contributed by atoms with van der Waals surface area (Å²) in [7, 11) is 0. The molecule has 20 heavy (non-hydrogen) atoms. The zero-order valence-electron chi connectivity index (χ0n) is 12.4. The van der Waals surface area contributed by atoms with Crippen LogP contribution in [0.3, 0.4) is 0 Å². The van der Waals surface area contributed by atoms with Crippen molar-refractivity contribution in [2.75, 3.05) is 44.2 Å². The molecule has 5 heteroatoms. The number of pyridine rings is 1. The molecule has 0 amide bonds. The van der Waals surface area contributed by atoms with Crippen LogP contribution in [0.4, 0.5) is 5.82 Å². The monoisotopic (exact) mass is 276 g/mol. The normalized spacial score (nSPS) is 21.1. The fourth-order valence-electron chi connectivity index (χ4n) is 2.87. The topological polar surface area (TPSA) is 40.6 Å². The van der Waals surface area contributed by atoms with Gasteiger partial charge in [-0.1, -0.05) is 0 Å². The summed E-state index contributed by atoms with van der Waals surface area (Å²) in [5.41, 5.74) is 0. The predicted molar refractivity (Wildman–Crippen MR) is 80.4 cm³/mol. The van der Waals surface area contributed by atoms with Crippen LogP contribution in [-0.4, -0.2) is 61.3 Å². The summed E-state index contributed by atoms with van der Waals surface area (Å²) in [5, 5.41) is 3.40. The number of nitrogens with one attached hydrogen (secondary N) is 1. The van der Waals surface area contributed by atoms with E-state index in [1.807, 2.05) is 18.3 Å². The van der Waals surface area contributed by atoms with Crippen molar-refractivity contribution in [1.82, 2.24) is 15.2 Å². The molecule has 2 saturated heterocycles. The van der Waals surface area contributed by atoms with Gasteiger partial charge < -0.3 is 15.0 Å². The molecule has 0 saturated carbocycles. The van der Waals surface area contributed by atoms with Crippen LogP contribution in [0.1, 0.15) is 13.8 Å². The fraction of sp³-hybridized carbons (Fsp3) is 0.667. The van der Waals surface area contributed by atoms with Gasteiger partial charge in [-0.3, -0.25) is 4.90 Å². The summed E-state index contributed by atoms with van der Waals surface area (Å²) in [6.07, 6.45) is 2.03. The molecule has 1 aromatic heterocycles. The highest BCUT2D eigenvalue weighted by Crippen LogP contribution is 2.31. The van der Waals surface area contributed by atoms with Crippen molar-refractivity contribution in [3.63, 3.8) is 0 Å². The third-order valence-electron chi connectivity index (χ3n) is 3.94. The molecule has 0 bridgehead atoms. The van der Waals surface area contributed by atoms with E-state index in [9.17, 15) is 0 Å². The van der Waals surface area contributed by atoms with E-state index in [4.69, 9.17) is 4.74 Å². The van der Waals surface area contributed by atoms with E-state index in [2.05, 4.69) is 33.9 Å². The largest absolute Gasteiger partial charge is 0.487 e. The highest BCUT2D eigenvalue weighted by Gasteiger charge is 2.34. The SMILES string of the molecule is CC(C)Oc1cccnc1N1CC(N2CCNCC2)C1. The van der Waals surface area contributed by atoms with Gasteiger partial charge in [0.05, 0.1) is 6.10 Å². The summed E-state index contributed by atoms with van der Waals surface area (Å²) in [5.74, 6) is 1.90. The standard InChI is InChI=1S/C15H24N4O/c1-12(2)20-14-4-3-5-17-15(14)19-10-13(11-19)18-8-6-16-7-9-18/h3-5,12-13,16H,6-11H2,1-2H3. The lowest BCUT2D eigenvalue weighted by Gasteiger charge is -2.47. The average Bonchev–Trinajstić information content (AvgIpc) is 2.40. The molecule has 0 aliphatic carbocycles. The van der Waals surface area contributed by atoms with E-state index in [0.717, 1.165) is 50.8 Å². The Bertz CT molecular complexity index is 439. The summed E-state index contributed by atoms with van der Waals surface area (Å²) < 4.78 is 5.86. The number of rotatable bonds is 4. The Morgan fingerprint density at radius 1 is 1.30 bits per heavy atom. The first-order valence-electron chi connectivity index (χ1n) is 7.55. The van der Waals surface area contributed by atoms with E-state index in [1.165, 1.54) is 0 Å². The molecule has 5 nitrogen and oxygen atoms in total. The average molecular weight is 276 g/mol. The molecule has 110 valence electrons. The maximum absolute atomic E-state index is 5.86. The van der Waals surface area contributed by atoms with Crippen LogP contribution in [-0.2, 0) is 0 Å². The molecule has 1 aromatic rings. The van der Waals surface area contributed by atoms with E-state index in [-0.39, 0.29) is 6.10 Å². The number of nitrogens with zero attached hydrogens (tertiary/aromatic N) is 3. The highest BCUT2D eigenvalue weighted by atomic mass is 16.5. The van der Waals surface area contributed by atoms with Crippen molar-refractivity contribution in [2.24, 2.45) is 0 Å². The molecule has 0 aromatic carbocycles. The van der Waals surface area contributed by atoms with Crippen molar-refractivity contribution in [3.8, 4) is 5.75 Å². The first kappa shape index (κ1) is 13.6. The van der Waals surface area contributed by atoms with E-state index in [1.54, 1.807) is 0 Å². The predicted octanol–water partition coefficient (Wildman–Crippen LogP) is 0.963. The molecular weight excluding hydrogens is 252 g/mol. The summed E-state index contributed by atoms with van der Waals surface area (Å²) in [4.78, 5) is 9.41. The minimum Gasteiger partial charge on any atom is -0.487 e. The van der Waals surface area contributed by atoms with Gasteiger partial charge in [-0.25, -0.2) is 4.98 Å². The number of ether oxygens (including phenoxy) is 1. The van der Waals surface area contributed by atoms with Gasteiger partial charge in [0.2, 0.25) is 0 Å². The Morgan fingerprint density at radius 3 is 2.75 bits per heavy atom. The Balaban J connectivity index is 1.61. The molecule has 2 fully saturated rings. The van der Waals surface area contributed by atoms with Crippen LogP contribution >= 0.6 is 0 Å². The van der Waals surface area contributed by atoms with Crippen molar-refractivity contribution in [2.45, 2.75) is 26.0 Å². The Hall–Kier alpha value is -1.33. The second-order valence-corrected chi connectivity index (χ2v) is 5.84. The van der Waals surface area contributed by atoms with Crippen molar-refractivity contribution < 1.29 is 4.74 Å². The molecule has 0 spiro atoms. The van der Waals surface area contributed by atoms with E-state index >= 15 is 0 Å². The first-order chi connectivity index (χ1) is 9.74. The molecule has 1 N–H and O–H groups in total. The molecule has 3 heterocycles. The number of hydrogen-bond donors (Lipinski definition) is 1. The van der Waals surface area contributed by atoms with Gasteiger partial charge in [0.15, 0.2) is 11.6 Å². The molecular formula is C15H24N4O. The second kappa shape index (κ2) is 5.97. The van der Waals surface area contributed by atoms with Crippen LogP contribution in [0.25, 0.3) is 0 Å². The fourth-order valence-corrected chi connectivity index (χ4v) is 2.87. The third-order valence-corrected chi connectivity index (χ3v) is 3.94. The third kappa shape index (κ3) is 2.88. The van der Waals surface area contributed by atoms with Gasteiger partial charge in [0.25, 0.3) is 0 Å². The molecule has 0 atom stereocenters. The lowest BCUT2D eigenvalue weighted by Crippen LogP contribution is -2.63. The van der Waals surface area contributed by atoms with Gasteiger partial charge in [-0.05, 0) is 26.0 Å². The van der Waals surface area contributed by atoms with Gasteiger partial charge in [-0.2, -0.15) is 0 Å². The number of piperazine rings is 1. The Labute approximate surface area is 120 Å². The summed E-state index contributed by atoms with van der Waals surface area (Å²) in [6.45, 7) is 10.8. The van der Waals surface area contributed by atoms with E-state index in [0.29, 0.717) is 6.04 Å². The van der Waals surface area contributed by atoms with Crippen LogP contribution in [0.5, 0.6) is 5.75 Å². The maximum Gasteiger partial charge on any atom is 0.171 e. The molecule has 2 aliphatic heterocycles. The number of aromatic nitrogens is 1. The van der Waals surface area contributed by atoms with Gasteiger partial charge in [-0.15, -0.1) is 0 Å².